The number of nitrogens with one attached hydrogen (secondary N) is 1. The molecule has 2 aromatic carbocycles. The Labute approximate surface area is 192 Å². The normalized spacial score (nSPS) is 10.7. The molecule has 0 atom stereocenters. The van der Waals surface area contributed by atoms with Crippen molar-refractivity contribution in [3.05, 3.63) is 82.0 Å². The van der Waals surface area contributed by atoms with E-state index in [0.717, 1.165) is 15.7 Å². The predicted octanol–water partition coefficient (Wildman–Crippen LogP) is 4.46. The van der Waals surface area contributed by atoms with Crippen LogP contribution in [0.4, 0.5) is 10.1 Å². The highest BCUT2D eigenvalue weighted by atomic mass is 19.1. The van der Waals surface area contributed by atoms with Crippen LogP contribution in [0.5, 0.6) is 5.75 Å². The maximum Gasteiger partial charge on any atom is 0.325 e. The fraction of sp³-hybridized carbons (Fsp3) is 0.240. The third-order valence-corrected chi connectivity index (χ3v) is 5.17. The Balaban J connectivity index is 0.00000408. The van der Waals surface area contributed by atoms with Crippen LogP contribution in [0.1, 0.15) is 37.1 Å². The lowest BCUT2D eigenvalue weighted by molar-refractivity contribution is -0.141. The zero-order valence-corrected chi connectivity index (χ0v) is 18.8. The van der Waals surface area contributed by atoms with Gasteiger partial charge >= 0.3 is 5.97 Å². The van der Waals surface area contributed by atoms with Gasteiger partial charge in [0.2, 0.25) is 0 Å². The minimum Gasteiger partial charge on any atom is -0.496 e. The summed E-state index contributed by atoms with van der Waals surface area (Å²) in [6.45, 7) is 3.57. The molecule has 8 heteroatoms. The van der Waals surface area contributed by atoms with Crippen molar-refractivity contribution in [2.45, 2.75) is 26.3 Å². The van der Waals surface area contributed by atoms with Gasteiger partial charge in [0.25, 0.3) is 11.5 Å². The highest BCUT2D eigenvalue weighted by Crippen LogP contribution is 2.30. The van der Waals surface area contributed by atoms with Gasteiger partial charge in [-0.1, -0.05) is 26.0 Å². The second-order valence-corrected chi connectivity index (χ2v) is 7.72. The van der Waals surface area contributed by atoms with Crippen molar-refractivity contribution in [3.8, 4) is 16.9 Å². The highest BCUT2D eigenvalue weighted by molar-refractivity contribution is 6.06. The first kappa shape index (κ1) is 23.7. The first-order valence-corrected chi connectivity index (χ1v) is 10.3. The van der Waals surface area contributed by atoms with Crippen LogP contribution in [-0.2, 0) is 16.1 Å². The number of ether oxygens (including phenoxy) is 2. The van der Waals surface area contributed by atoms with E-state index < -0.39 is 17.4 Å². The van der Waals surface area contributed by atoms with Crippen LogP contribution in [0.25, 0.3) is 11.1 Å². The number of hydrogen-bond donors (Lipinski definition) is 1. The van der Waals surface area contributed by atoms with Crippen molar-refractivity contribution in [2.75, 3.05) is 19.5 Å². The number of benzene rings is 2. The van der Waals surface area contributed by atoms with Crippen molar-refractivity contribution in [3.63, 3.8) is 0 Å². The Morgan fingerprint density at radius 1 is 1.06 bits per heavy atom. The molecule has 1 N–H and O–H groups in total. The first-order valence-electron chi connectivity index (χ1n) is 10.3. The number of pyridine rings is 1. The summed E-state index contributed by atoms with van der Waals surface area (Å²) in [5.41, 5.74) is 2.39. The molecule has 1 amide bonds. The topological polar surface area (TPSA) is 86.6 Å². The van der Waals surface area contributed by atoms with E-state index in [0.29, 0.717) is 17.0 Å². The average molecular weight is 454 g/mol. The van der Waals surface area contributed by atoms with Gasteiger partial charge in [-0.2, -0.15) is 0 Å². The largest absolute Gasteiger partial charge is 0.496 e. The highest BCUT2D eigenvalue weighted by Gasteiger charge is 2.16. The summed E-state index contributed by atoms with van der Waals surface area (Å²) in [5, 5.41) is 2.70. The van der Waals surface area contributed by atoms with E-state index in [4.69, 9.17) is 4.74 Å². The molecule has 1 aromatic heterocycles. The number of carbonyl (C=O) groups is 2. The molecular formula is C25H27FN2O5. The zero-order valence-electron chi connectivity index (χ0n) is 18.8. The molecule has 0 bridgehead atoms. The van der Waals surface area contributed by atoms with Crippen LogP contribution in [0.3, 0.4) is 0 Å². The molecule has 0 unspecified atom stereocenters. The fourth-order valence-electron chi connectivity index (χ4n) is 3.36. The molecule has 174 valence electrons. The third-order valence-electron chi connectivity index (χ3n) is 5.17. The van der Waals surface area contributed by atoms with E-state index in [1.54, 1.807) is 30.3 Å². The summed E-state index contributed by atoms with van der Waals surface area (Å²) < 4.78 is 25.2. The molecule has 0 aliphatic carbocycles. The quantitative estimate of drug-likeness (QED) is 0.533. The number of amides is 1. The van der Waals surface area contributed by atoms with Gasteiger partial charge in [0, 0.05) is 13.7 Å². The average Bonchev–Trinajstić information content (AvgIpc) is 2.80. The summed E-state index contributed by atoms with van der Waals surface area (Å²) >= 11 is 0. The lowest BCUT2D eigenvalue weighted by Gasteiger charge is -2.14. The number of esters is 1. The molecule has 0 aliphatic rings. The Morgan fingerprint density at radius 3 is 2.42 bits per heavy atom. The maximum atomic E-state index is 14.1. The van der Waals surface area contributed by atoms with Crippen molar-refractivity contribution < 1.29 is 24.9 Å². The van der Waals surface area contributed by atoms with Crippen LogP contribution in [-0.4, -0.2) is 30.7 Å². The lowest BCUT2D eigenvalue weighted by Crippen LogP contribution is -2.24. The molecule has 0 spiro atoms. The summed E-state index contributed by atoms with van der Waals surface area (Å²) in [6, 6.07) is 12.7. The van der Waals surface area contributed by atoms with E-state index in [1.165, 1.54) is 38.6 Å². The molecule has 3 rings (SSSR count). The Bertz CT molecular complexity index is 1260. The number of anilines is 1. The summed E-state index contributed by atoms with van der Waals surface area (Å²) in [4.78, 5) is 36.3. The zero-order chi connectivity index (χ0) is 24.1. The van der Waals surface area contributed by atoms with Gasteiger partial charge in [0.05, 0.1) is 25.5 Å². The maximum absolute atomic E-state index is 14.1. The SMILES string of the molecule is COC(=O)Cn1cc(NC(=O)c2ccc(-c3ccc(F)c(C(C)C)c3)cc2OC)ccc1=O.[HH]. The van der Waals surface area contributed by atoms with Gasteiger partial charge in [-0.3, -0.25) is 14.4 Å². The minimum atomic E-state index is -0.584. The number of aromatic nitrogens is 1. The number of hydrogen-bond acceptors (Lipinski definition) is 5. The molecule has 3 aromatic rings. The molecule has 0 radical (unpaired) electrons. The third kappa shape index (κ3) is 5.46. The summed E-state index contributed by atoms with van der Waals surface area (Å²) in [5.74, 6) is -0.934. The standard InChI is InChI=1S/C25H25FN2O5.H2/c1-15(2)20-11-16(6-9-21(20)26)17-5-8-19(22(12-17)32-3)25(31)27-18-7-10-23(29)28(13-18)14-24(30)33-4;/h5-13,15H,14H2,1-4H3,(H,27,31);1H. The molecule has 0 saturated carbocycles. The predicted molar refractivity (Wildman–Crippen MR) is 125 cm³/mol. The van der Waals surface area contributed by atoms with Gasteiger partial charge < -0.3 is 19.4 Å². The molecule has 0 fully saturated rings. The monoisotopic (exact) mass is 454 g/mol. The van der Waals surface area contributed by atoms with Crippen molar-refractivity contribution in [1.29, 1.82) is 0 Å². The number of halogens is 1. The molecule has 33 heavy (non-hydrogen) atoms. The van der Waals surface area contributed by atoms with Gasteiger partial charge in [-0.25, -0.2) is 4.39 Å². The van der Waals surface area contributed by atoms with Crippen LogP contribution in [0, 0.1) is 5.82 Å². The smallest absolute Gasteiger partial charge is 0.325 e. The number of carbonyl (C=O) groups excluding carboxylic acids is 2. The van der Waals surface area contributed by atoms with E-state index in [1.807, 2.05) is 13.8 Å². The van der Waals surface area contributed by atoms with E-state index >= 15 is 0 Å². The van der Waals surface area contributed by atoms with Crippen molar-refractivity contribution >= 4 is 17.6 Å². The van der Waals surface area contributed by atoms with Gasteiger partial charge in [-0.05, 0) is 52.9 Å². The fourth-order valence-corrected chi connectivity index (χ4v) is 3.36. The van der Waals surface area contributed by atoms with Crippen LogP contribution >= 0.6 is 0 Å². The number of rotatable bonds is 7. The van der Waals surface area contributed by atoms with Gasteiger partial charge in [0.15, 0.2) is 0 Å². The number of methoxy groups -OCH3 is 2. The van der Waals surface area contributed by atoms with Gasteiger partial charge in [0.1, 0.15) is 18.1 Å². The molecule has 7 nitrogen and oxygen atoms in total. The van der Waals surface area contributed by atoms with Crippen LogP contribution < -0.4 is 15.6 Å². The van der Waals surface area contributed by atoms with Crippen molar-refractivity contribution in [2.24, 2.45) is 0 Å². The molecule has 1 heterocycles. The lowest BCUT2D eigenvalue weighted by atomic mass is 9.96. The van der Waals surface area contributed by atoms with E-state index in [9.17, 15) is 18.8 Å². The van der Waals surface area contributed by atoms with Crippen molar-refractivity contribution in [1.82, 2.24) is 4.57 Å². The Kier molecular flexibility index (Phi) is 7.27. The summed E-state index contributed by atoms with van der Waals surface area (Å²) in [6.07, 6.45) is 1.37. The minimum absolute atomic E-state index is 0. The number of nitrogens with zero attached hydrogens (tertiary/aromatic N) is 1. The van der Waals surface area contributed by atoms with E-state index in [-0.39, 0.29) is 25.3 Å². The first-order chi connectivity index (χ1) is 15.7. The summed E-state index contributed by atoms with van der Waals surface area (Å²) in [7, 11) is 2.68. The van der Waals surface area contributed by atoms with Crippen LogP contribution in [0.2, 0.25) is 0 Å². The van der Waals surface area contributed by atoms with E-state index in [2.05, 4.69) is 10.1 Å². The second kappa shape index (κ2) is 10.1. The molecular weight excluding hydrogens is 427 g/mol. The molecule has 0 aliphatic heterocycles. The Hall–Kier alpha value is -3.94. The van der Waals surface area contributed by atoms with Crippen LogP contribution in [0.15, 0.2) is 59.5 Å². The van der Waals surface area contributed by atoms with Gasteiger partial charge in [-0.15, -0.1) is 0 Å². The molecule has 0 saturated heterocycles. The second-order valence-electron chi connectivity index (χ2n) is 7.72. The Morgan fingerprint density at radius 2 is 1.76 bits per heavy atom.